The summed E-state index contributed by atoms with van der Waals surface area (Å²) >= 11 is 1.69. The van der Waals surface area contributed by atoms with Crippen LogP contribution in [0.5, 0.6) is 0 Å². The highest BCUT2D eigenvalue weighted by Gasteiger charge is 2.18. The summed E-state index contributed by atoms with van der Waals surface area (Å²) in [4.78, 5) is 14.9. The first-order valence-corrected chi connectivity index (χ1v) is 12.3. The Bertz CT molecular complexity index is 1400. The van der Waals surface area contributed by atoms with Crippen LogP contribution in [-0.4, -0.2) is 48.0 Å². The van der Waals surface area contributed by atoms with E-state index in [-0.39, 0.29) is 0 Å². The highest BCUT2D eigenvalue weighted by atomic mass is 32.1. The minimum absolute atomic E-state index is 0.638. The van der Waals surface area contributed by atoms with Crippen LogP contribution in [0.1, 0.15) is 6.42 Å². The number of nitrogen functional groups attached to an aromatic ring is 1. The topological polar surface area (TPSA) is 91.7 Å². The number of methoxy groups -OCH3 is 1. The van der Waals surface area contributed by atoms with Gasteiger partial charge in [0.1, 0.15) is 4.83 Å². The predicted octanol–water partition coefficient (Wildman–Crippen LogP) is 3.67. The molecule has 5 rings (SSSR count). The molecule has 2 N–H and O–H groups in total. The van der Waals surface area contributed by atoms with E-state index in [9.17, 15) is 0 Å². The maximum Gasteiger partial charge on any atom is 0.157 e. The standard InChI is InChI=1S/C23H22N6OSSi/c1-29-21-16(13-27-29)9-15(12-26-21)18-10-17(14-5-3-6-25-11-14)19-20(24)23(31-22(19)28-18)32-8-4-7-30-2/h3,5-6,9-13H,4,7-8,24H2,1-2H3. The van der Waals surface area contributed by atoms with Crippen molar-refractivity contribution in [2.24, 2.45) is 7.05 Å². The Morgan fingerprint density at radius 1 is 1.19 bits per heavy atom. The molecule has 0 bridgehead atoms. The minimum atomic E-state index is 0.638. The highest BCUT2D eigenvalue weighted by molar-refractivity contribution is 7.28. The Kier molecular flexibility index (Phi) is 5.69. The number of ether oxygens (including phenoxy) is 1. The van der Waals surface area contributed by atoms with E-state index in [0.717, 1.165) is 68.4 Å². The number of nitrogens with two attached hydrogens (primary N) is 1. The summed E-state index contributed by atoms with van der Waals surface area (Å²) in [7, 11) is 4.27. The number of hydrogen-bond acceptors (Lipinski definition) is 7. The summed E-state index contributed by atoms with van der Waals surface area (Å²) in [6, 6.07) is 9.24. The average molecular weight is 459 g/mol. The van der Waals surface area contributed by atoms with Gasteiger partial charge in [0.15, 0.2) is 5.65 Å². The quantitative estimate of drug-likeness (QED) is 0.296. The molecular weight excluding hydrogens is 436 g/mol. The van der Waals surface area contributed by atoms with Gasteiger partial charge in [0, 0.05) is 65.8 Å². The van der Waals surface area contributed by atoms with Crippen molar-refractivity contribution < 1.29 is 4.74 Å². The summed E-state index contributed by atoms with van der Waals surface area (Å²) in [5.41, 5.74) is 12.2. The van der Waals surface area contributed by atoms with E-state index in [4.69, 9.17) is 15.5 Å². The molecule has 0 saturated heterocycles. The van der Waals surface area contributed by atoms with Crippen molar-refractivity contribution in [2.75, 3.05) is 19.5 Å². The van der Waals surface area contributed by atoms with E-state index in [1.54, 1.807) is 29.3 Å². The predicted molar refractivity (Wildman–Crippen MR) is 131 cm³/mol. The number of pyridine rings is 3. The number of anilines is 1. The van der Waals surface area contributed by atoms with Crippen LogP contribution in [0.15, 0.2) is 49.1 Å². The molecule has 0 aliphatic heterocycles. The Morgan fingerprint density at radius 3 is 2.91 bits per heavy atom. The number of thiophene rings is 1. The summed E-state index contributed by atoms with van der Waals surface area (Å²) < 4.78 is 8.16. The number of fused-ring (bicyclic) bond motifs is 2. The highest BCUT2D eigenvalue weighted by Crippen LogP contribution is 2.37. The molecule has 0 spiro atoms. The Balaban J connectivity index is 1.65. The second-order valence-corrected chi connectivity index (χ2v) is 10.2. The fourth-order valence-corrected chi connectivity index (χ4v) is 6.37. The van der Waals surface area contributed by atoms with Gasteiger partial charge in [0.05, 0.1) is 27.1 Å². The molecule has 5 heterocycles. The maximum atomic E-state index is 6.66. The molecule has 0 amide bonds. The molecule has 9 heteroatoms. The van der Waals surface area contributed by atoms with Crippen LogP contribution in [-0.2, 0) is 11.8 Å². The normalized spacial score (nSPS) is 11.6. The number of nitrogens with zero attached hydrogens (tertiary/aromatic N) is 5. The molecule has 5 aromatic heterocycles. The van der Waals surface area contributed by atoms with Gasteiger partial charge in [0.25, 0.3) is 0 Å². The molecule has 0 aliphatic carbocycles. The van der Waals surface area contributed by atoms with E-state index in [1.807, 2.05) is 31.7 Å². The zero-order valence-electron chi connectivity index (χ0n) is 17.9. The van der Waals surface area contributed by atoms with Gasteiger partial charge in [-0.2, -0.15) is 5.10 Å². The molecule has 32 heavy (non-hydrogen) atoms. The molecule has 0 atom stereocenters. The van der Waals surface area contributed by atoms with Gasteiger partial charge >= 0.3 is 0 Å². The van der Waals surface area contributed by atoms with Crippen molar-refractivity contribution in [3.63, 3.8) is 0 Å². The van der Waals surface area contributed by atoms with Gasteiger partial charge in [-0.3, -0.25) is 9.67 Å². The maximum absolute atomic E-state index is 6.66. The molecular formula is C23H22N6OSSi. The number of rotatable bonds is 7. The van der Waals surface area contributed by atoms with Gasteiger partial charge in [-0.25, -0.2) is 9.97 Å². The van der Waals surface area contributed by atoms with E-state index in [0.29, 0.717) is 9.52 Å². The van der Waals surface area contributed by atoms with Crippen LogP contribution in [0.4, 0.5) is 5.69 Å². The smallest absolute Gasteiger partial charge is 0.157 e. The van der Waals surface area contributed by atoms with Gasteiger partial charge in [-0.15, -0.1) is 11.3 Å². The second kappa shape index (κ2) is 8.77. The number of hydrogen-bond donors (Lipinski definition) is 1. The Morgan fingerprint density at radius 2 is 2.09 bits per heavy atom. The largest absolute Gasteiger partial charge is 0.398 e. The van der Waals surface area contributed by atoms with Crippen molar-refractivity contribution in [3.05, 3.63) is 49.1 Å². The monoisotopic (exact) mass is 458 g/mol. The van der Waals surface area contributed by atoms with Crippen molar-refractivity contribution in [1.82, 2.24) is 24.7 Å². The fraction of sp³-hybridized carbons (Fsp3) is 0.217. The van der Waals surface area contributed by atoms with Gasteiger partial charge in [-0.05, 0) is 30.2 Å². The summed E-state index contributed by atoms with van der Waals surface area (Å²) in [6.45, 7) is 0.769. The molecule has 0 aromatic carbocycles. The lowest BCUT2D eigenvalue weighted by Crippen LogP contribution is -2.14. The summed E-state index contributed by atoms with van der Waals surface area (Å²) in [5, 5.41) is 6.30. The van der Waals surface area contributed by atoms with Gasteiger partial charge in [-0.1, -0.05) is 12.1 Å². The molecule has 0 aliphatic rings. The third-order valence-electron chi connectivity index (χ3n) is 5.35. The van der Waals surface area contributed by atoms with Crippen molar-refractivity contribution in [1.29, 1.82) is 0 Å². The zero-order valence-corrected chi connectivity index (χ0v) is 19.7. The lowest BCUT2D eigenvalue weighted by molar-refractivity contribution is 0.199. The van der Waals surface area contributed by atoms with E-state index in [2.05, 4.69) is 33.3 Å². The average Bonchev–Trinajstić information content (AvgIpc) is 3.36. The first kappa shape index (κ1) is 20.7. The van der Waals surface area contributed by atoms with Crippen LogP contribution in [0.2, 0.25) is 6.04 Å². The van der Waals surface area contributed by atoms with E-state index < -0.39 is 0 Å². The van der Waals surface area contributed by atoms with Crippen LogP contribution in [0.3, 0.4) is 0 Å². The molecule has 5 aromatic rings. The summed E-state index contributed by atoms with van der Waals surface area (Å²) in [5.74, 6) is 0. The minimum Gasteiger partial charge on any atom is -0.398 e. The molecule has 0 unspecified atom stereocenters. The van der Waals surface area contributed by atoms with Crippen molar-refractivity contribution >= 4 is 52.3 Å². The van der Waals surface area contributed by atoms with Gasteiger partial charge in [0.2, 0.25) is 0 Å². The number of aryl methyl sites for hydroxylation is 1. The van der Waals surface area contributed by atoms with Crippen LogP contribution < -0.4 is 10.2 Å². The molecule has 0 fully saturated rings. The third kappa shape index (κ3) is 3.79. The van der Waals surface area contributed by atoms with E-state index >= 15 is 0 Å². The lowest BCUT2D eigenvalue weighted by atomic mass is 10.0. The first-order chi connectivity index (χ1) is 15.7. The van der Waals surface area contributed by atoms with Crippen molar-refractivity contribution in [3.8, 4) is 22.4 Å². The fourth-order valence-electron chi connectivity index (χ4n) is 3.75. The van der Waals surface area contributed by atoms with Crippen molar-refractivity contribution in [2.45, 2.75) is 12.5 Å². The summed E-state index contributed by atoms with van der Waals surface area (Å²) in [6.07, 6.45) is 8.36. The Hall–Kier alpha value is -3.14. The molecule has 160 valence electrons. The molecule has 2 radical (unpaired) electrons. The molecule has 0 saturated carbocycles. The molecule has 7 nitrogen and oxygen atoms in total. The number of aromatic nitrogens is 5. The van der Waals surface area contributed by atoms with Crippen LogP contribution >= 0.6 is 11.3 Å². The van der Waals surface area contributed by atoms with E-state index in [1.165, 1.54) is 4.50 Å². The van der Waals surface area contributed by atoms with Crippen LogP contribution in [0.25, 0.3) is 43.6 Å². The zero-order chi connectivity index (χ0) is 22.1. The SMILES string of the molecule is COCCC[Si]c1sc2nc(-c3cnc4c(cnn4C)c3)cc(-c3cccnc3)c2c1N. The third-order valence-corrected chi connectivity index (χ3v) is 8.20. The Labute approximate surface area is 192 Å². The van der Waals surface area contributed by atoms with Crippen LogP contribution in [0, 0.1) is 0 Å². The van der Waals surface area contributed by atoms with Gasteiger partial charge < -0.3 is 10.5 Å². The second-order valence-electron chi connectivity index (χ2n) is 7.50. The first-order valence-electron chi connectivity index (χ1n) is 10.3. The lowest BCUT2D eigenvalue weighted by Gasteiger charge is -2.09.